The molecule has 2 nitrogen and oxygen atoms in total. The number of hydrogen-bond acceptors (Lipinski definition) is 4. The van der Waals surface area contributed by atoms with Gasteiger partial charge in [0, 0.05) is 12.4 Å². The van der Waals surface area contributed by atoms with E-state index in [9.17, 15) is 0 Å². The van der Waals surface area contributed by atoms with E-state index in [1.54, 1.807) is 22.7 Å². The summed E-state index contributed by atoms with van der Waals surface area (Å²) in [5.41, 5.74) is 6.18. The van der Waals surface area contributed by atoms with Crippen molar-refractivity contribution in [1.82, 2.24) is 9.97 Å². The molecule has 0 aliphatic carbocycles. The van der Waals surface area contributed by atoms with Crippen LogP contribution in [0.2, 0.25) is 0 Å². The summed E-state index contributed by atoms with van der Waals surface area (Å²) in [5, 5.41) is 2.51. The quantitative estimate of drug-likeness (QED) is 0.515. The lowest BCUT2D eigenvalue weighted by Crippen LogP contribution is -1.78. The van der Waals surface area contributed by atoms with Crippen LogP contribution < -0.4 is 0 Å². The van der Waals surface area contributed by atoms with Crippen molar-refractivity contribution < 1.29 is 0 Å². The second kappa shape index (κ2) is 4.81. The summed E-state index contributed by atoms with van der Waals surface area (Å²) in [6, 6.07) is 13.1. The fourth-order valence-electron chi connectivity index (χ4n) is 2.27. The molecule has 0 radical (unpaired) electrons. The summed E-state index contributed by atoms with van der Waals surface area (Å²) in [6.45, 7) is 0. The minimum Gasteiger partial charge on any atom is -0.252 e. The Kier molecular flexibility index (Phi) is 2.83. The van der Waals surface area contributed by atoms with Gasteiger partial charge in [-0.1, -0.05) is 24.3 Å². The van der Waals surface area contributed by atoms with E-state index < -0.39 is 0 Å². The summed E-state index contributed by atoms with van der Waals surface area (Å²) in [6.07, 6.45) is 3.83. The molecular formula is C16H10N2S2. The van der Waals surface area contributed by atoms with E-state index in [-0.39, 0.29) is 0 Å². The Morgan fingerprint density at radius 2 is 1.20 bits per heavy atom. The van der Waals surface area contributed by atoms with Crippen LogP contribution in [-0.4, -0.2) is 9.97 Å². The summed E-state index contributed by atoms with van der Waals surface area (Å²) in [4.78, 5) is 10.7. The second-order valence-corrected chi connectivity index (χ2v) is 6.28. The molecule has 0 bridgehead atoms. The Labute approximate surface area is 124 Å². The monoisotopic (exact) mass is 294 g/mol. The number of nitrogens with zero attached hydrogens (tertiary/aromatic N) is 2. The first kappa shape index (κ1) is 11.8. The second-order valence-electron chi connectivity index (χ2n) is 4.51. The van der Waals surface area contributed by atoms with Crippen LogP contribution in [0.1, 0.15) is 0 Å². The van der Waals surface area contributed by atoms with Gasteiger partial charge in [0.1, 0.15) is 0 Å². The van der Waals surface area contributed by atoms with Crippen LogP contribution in [0.5, 0.6) is 0 Å². The molecule has 0 N–H and O–H groups in total. The molecule has 2 aromatic carbocycles. The van der Waals surface area contributed by atoms with Gasteiger partial charge in [-0.25, -0.2) is 0 Å². The molecule has 2 aromatic heterocycles. The zero-order chi connectivity index (χ0) is 13.4. The van der Waals surface area contributed by atoms with E-state index in [1.165, 1.54) is 31.7 Å². The van der Waals surface area contributed by atoms with Crippen molar-refractivity contribution in [3.63, 3.8) is 0 Å². The Hall–Kier alpha value is -2.04. The maximum atomic E-state index is 4.15. The topological polar surface area (TPSA) is 25.8 Å². The van der Waals surface area contributed by atoms with Crippen LogP contribution in [0.4, 0.5) is 0 Å². The highest BCUT2D eigenvalue weighted by atomic mass is 32.1. The van der Waals surface area contributed by atoms with Crippen molar-refractivity contribution in [3.05, 3.63) is 59.8 Å². The molecule has 0 aliphatic rings. The lowest BCUT2D eigenvalue weighted by Gasteiger charge is -2.04. The minimum atomic E-state index is 1.20. The van der Waals surface area contributed by atoms with Crippen LogP contribution in [0.25, 0.3) is 31.7 Å². The number of hydrogen-bond donors (Lipinski definition) is 0. The van der Waals surface area contributed by atoms with Gasteiger partial charge < -0.3 is 0 Å². The summed E-state index contributed by atoms with van der Waals surface area (Å²) in [5.74, 6) is 0. The van der Waals surface area contributed by atoms with Crippen LogP contribution in [0.15, 0.2) is 59.8 Å². The first-order valence-corrected chi connectivity index (χ1v) is 7.98. The van der Waals surface area contributed by atoms with Gasteiger partial charge in [-0.3, -0.25) is 9.97 Å². The van der Waals surface area contributed by atoms with Gasteiger partial charge in [0.15, 0.2) is 0 Å². The number of aromatic nitrogens is 2. The molecule has 0 saturated carbocycles. The SMILES string of the molecule is c1ncc(-c2ccc3ccc(-c4cncs4)cc3c2)s1. The third kappa shape index (κ3) is 2.03. The van der Waals surface area contributed by atoms with E-state index in [1.807, 2.05) is 23.4 Å². The van der Waals surface area contributed by atoms with Gasteiger partial charge in [0.2, 0.25) is 0 Å². The fourth-order valence-corrected chi connectivity index (χ4v) is 3.51. The maximum Gasteiger partial charge on any atom is 0.0797 e. The van der Waals surface area contributed by atoms with Crippen molar-refractivity contribution in [2.24, 2.45) is 0 Å². The van der Waals surface area contributed by atoms with Gasteiger partial charge >= 0.3 is 0 Å². The molecule has 0 amide bonds. The van der Waals surface area contributed by atoms with E-state index in [0.717, 1.165) is 0 Å². The summed E-state index contributed by atoms with van der Waals surface area (Å²) in [7, 11) is 0. The molecule has 4 heteroatoms. The predicted octanol–water partition coefficient (Wildman–Crippen LogP) is 5.09. The zero-order valence-corrected chi connectivity index (χ0v) is 12.1. The highest BCUT2D eigenvalue weighted by molar-refractivity contribution is 7.13. The molecule has 0 saturated heterocycles. The lowest BCUT2D eigenvalue weighted by molar-refractivity contribution is 1.42. The Bertz CT molecular complexity index is 780. The predicted molar refractivity (Wildman–Crippen MR) is 86.2 cm³/mol. The molecule has 0 aliphatic heterocycles. The van der Waals surface area contributed by atoms with Crippen molar-refractivity contribution in [2.45, 2.75) is 0 Å². The smallest absolute Gasteiger partial charge is 0.0797 e. The van der Waals surface area contributed by atoms with Crippen LogP contribution in [-0.2, 0) is 0 Å². The molecule has 0 atom stereocenters. The van der Waals surface area contributed by atoms with E-state index in [0.29, 0.717) is 0 Å². The highest BCUT2D eigenvalue weighted by Crippen LogP contribution is 2.30. The number of benzene rings is 2. The summed E-state index contributed by atoms with van der Waals surface area (Å²) < 4.78 is 0. The zero-order valence-electron chi connectivity index (χ0n) is 10.5. The standard InChI is InChI=1S/C16H10N2S2/c1-3-12(15-7-17-9-19-15)5-14-6-13(4-2-11(1)14)16-8-18-10-20-16/h1-10H. The number of thiazole rings is 2. The number of fused-ring (bicyclic) bond motifs is 1. The molecule has 4 aromatic rings. The Morgan fingerprint density at radius 3 is 1.65 bits per heavy atom. The lowest BCUT2D eigenvalue weighted by atomic mass is 10.0. The van der Waals surface area contributed by atoms with Gasteiger partial charge in [-0.05, 0) is 34.0 Å². The van der Waals surface area contributed by atoms with Crippen LogP contribution >= 0.6 is 22.7 Å². The molecule has 96 valence electrons. The van der Waals surface area contributed by atoms with Crippen molar-refractivity contribution in [3.8, 4) is 20.9 Å². The molecule has 0 spiro atoms. The molecule has 20 heavy (non-hydrogen) atoms. The van der Waals surface area contributed by atoms with Crippen LogP contribution in [0.3, 0.4) is 0 Å². The summed E-state index contributed by atoms with van der Waals surface area (Å²) >= 11 is 3.33. The average Bonchev–Trinajstić information content (AvgIpc) is 3.19. The van der Waals surface area contributed by atoms with Crippen LogP contribution in [0, 0.1) is 0 Å². The van der Waals surface area contributed by atoms with E-state index in [2.05, 4.69) is 46.4 Å². The maximum absolute atomic E-state index is 4.15. The molecule has 0 fully saturated rings. The van der Waals surface area contributed by atoms with Gasteiger partial charge in [0.25, 0.3) is 0 Å². The third-order valence-corrected chi connectivity index (χ3v) is 4.92. The van der Waals surface area contributed by atoms with Crippen molar-refractivity contribution in [2.75, 3.05) is 0 Å². The normalized spacial score (nSPS) is 11.0. The average molecular weight is 294 g/mol. The van der Waals surface area contributed by atoms with E-state index >= 15 is 0 Å². The number of rotatable bonds is 2. The van der Waals surface area contributed by atoms with E-state index in [4.69, 9.17) is 0 Å². The third-order valence-electron chi connectivity index (χ3n) is 3.27. The molecular weight excluding hydrogens is 284 g/mol. The Morgan fingerprint density at radius 1 is 0.650 bits per heavy atom. The van der Waals surface area contributed by atoms with Gasteiger partial charge in [0.05, 0.1) is 20.8 Å². The van der Waals surface area contributed by atoms with Gasteiger partial charge in [-0.2, -0.15) is 0 Å². The Balaban J connectivity index is 1.88. The van der Waals surface area contributed by atoms with Crippen molar-refractivity contribution >= 4 is 33.4 Å². The first-order valence-electron chi connectivity index (χ1n) is 6.22. The van der Waals surface area contributed by atoms with Crippen molar-refractivity contribution in [1.29, 1.82) is 0 Å². The van der Waals surface area contributed by atoms with Gasteiger partial charge in [-0.15, -0.1) is 22.7 Å². The minimum absolute atomic E-state index is 1.20. The molecule has 0 unspecified atom stereocenters. The highest BCUT2D eigenvalue weighted by Gasteiger charge is 2.04. The fraction of sp³-hybridized carbons (Fsp3) is 0. The molecule has 2 heterocycles. The molecule has 4 rings (SSSR count). The largest absolute Gasteiger partial charge is 0.252 e. The first-order chi connectivity index (χ1) is 9.90.